The molecule has 1 rings (SSSR count). The minimum atomic E-state index is -0.899. The number of halogens is 2. The second-order valence-electron chi connectivity index (χ2n) is 8.86. The summed E-state index contributed by atoms with van der Waals surface area (Å²) in [6.45, 7) is 16.7. The first kappa shape index (κ1) is 30.8. The molecule has 1 heterocycles. The zero-order valence-corrected chi connectivity index (χ0v) is 21.6. The van der Waals surface area contributed by atoms with E-state index in [4.69, 9.17) is 14.2 Å². The van der Waals surface area contributed by atoms with Gasteiger partial charge >= 0.3 is 0 Å². The Morgan fingerprint density at radius 2 is 1.78 bits per heavy atom. The van der Waals surface area contributed by atoms with E-state index in [0.29, 0.717) is 30.6 Å². The van der Waals surface area contributed by atoms with Gasteiger partial charge in [0.1, 0.15) is 5.76 Å². The third-order valence-electron chi connectivity index (χ3n) is 5.85. The van der Waals surface area contributed by atoms with Gasteiger partial charge in [0.15, 0.2) is 11.7 Å². The summed E-state index contributed by atoms with van der Waals surface area (Å²) in [5.41, 5.74) is 0.498. The molecule has 0 radical (unpaired) electrons. The first-order chi connectivity index (χ1) is 15.2. The average Bonchev–Trinajstić information content (AvgIpc) is 2.80. The number of rotatable bonds is 13. The predicted molar refractivity (Wildman–Crippen MR) is 131 cm³/mol. The van der Waals surface area contributed by atoms with E-state index in [-0.39, 0.29) is 17.8 Å². The summed E-state index contributed by atoms with van der Waals surface area (Å²) in [5, 5.41) is 0. The Bertz CT molecular complexity index is 563. The summed E-state index contributed by atoms with van der Waals surface area (Å²) in [7, 11) is 1.34. The number of hydrogen-bond acceptors (Lipinski definition) is 3. The van der Waals surface area contributed by atoms with Gasteiger partial charge in [0.2, 0.25) is 0 Å². The van der Waals surface area contributed by atoms with E-state index in [1.54, 1.807) is 0 Å². The highest BCUT2D eigenvalue weighted by Gasteiger charge is 2.23. The molecule has 1 fully saturated rings. The van der Waals surface area contributed by atoms with Gasteiger partial charge in [-0.25, -0.2) is 8.78 Å². The van der Waals surface area contributed by atoms with Crippen LogP contribution in [0.15, 0.2) is 35.6 Å². The van der Waals surface area contributed by atoms with Crippen LogP contribution < -0.4 is 0 Å². The molecular formula is C27H48F2O3. The molecule has 1 saturated heterocycles. The minimum absolute atomic E-state index is 0.0289. The van der Waals surface area contributed by atoms with E-state index in [1.165, 1.54) is 20.5 Å². The van der Waals surface area contributed by atoms with Gasteiger partial charge in [-0.1, -0.05) is 40.2 Å². The van der Waals surface area contributed by atoms with Crippen LogP contribution in [0.5, 0.6) is 0 Å². The van der Waals surface area contributed by atoms with Crippen molar-refractivity contribution in [3.05, 3.63) is 35.6 Å². The molecule has 4 unspecified atom stereocenters. The van der Waals surface area contributed by atoms with Crippen molar-refractivity contribution in [2.24, 2.45) is 11.8 Å². The standard InChI is InChI=1S/C24H40F2O3.C3H8/c1-7-9-10-21-14-13-20(16-29-21)15-28-18(4)12-11-17(3)22(8-2)24(26)23(25)19(5)27-6;1-3-2/h7,17-18,20-21H,1,8-16H2,2-6H3;3H2,1-2H3/b23-19-,24-22-;. The summed E-state index contributed by atoms with van der Waals surface area (Å²) >= 11 is 0. The van der Waals surface area contributed by atoms with Gasteiger partial charge in [0.25, 0.3) is 0 Å². The molecule has 0 N–H and O–H groups in total. The van der Waals surface area contributed by atoms with Gasteiger partial charge in [0, 0.05) is 5.92 Å². The van der Waals surface area contributed by atoms with Crippen LogP contribution in [0.3, 0.4) is 0 Å². The SMILES string of the molecule is C=CCCC1CCC(COC(C)CCC(C)/C(CC)=C(F)/C(F)=C(\C)OC)CO1.CCC. The lowest BCUT2D eigenvalue weighted by Crippen LogP contribution is -2.29. The predicted octanol–water partition coefficient (Wildman–Crippen LogP) is 8.47. The molecule has 1 aliphatic heterocycles. The fourth-order valence-corrected chi connectivity index (χ4v) is 3.67. The number of ether oxygens (including phenoxy) is 3. The van der Waals surface area contributed by atoms with Crippen LogP contribution in [0.4, 0.5) is 8.78 Å². The van der Waals surface area contributed by atoms with Crippen LogP contribution in [-0.4, -0.2) is 32.5 Å². The molecule has 0 saturated carbocycles. The van der Waals surface area contributed by atoms with Crippen LogP contribution in [-0.2, 0) is 14.2 Å². The zero-order chi connectivity index (χ0) is 24.5. The molecule has 0 spiro atoms. The molecule has 1 aliphatic rings. The quantitative estimate of drug-likeness (QED) is 0.157. The molecule has 0 aromatic heterocycles. The van der Waals surface area contributed by atoms with Gasteiger partial charge in [-0.15, -0.1) is 6.58 Å². The summed E-state index contributed by atoms with van der Waals surface area (Å²) in [6.07, 6.45) is 9.92. The van der Waals surface area contributed by atoms with E-state index in [2.05, 4.69) is 20.4 Å². The van der Waals surface area contributed by atoms with E-state index < -0.39 is 11.7 Å². The third kappa shape index (κ3) is 12.2. The Kier molecular flexibility index (Phi) is 17.6. The lowest BCUT2D eigenvalue weighted by molar-refractivity contribution is -0.0570. The molecule has 0 aromatic carbocycles. The number of allylic oxidation sites excluding steroid dienone is 5. The van der Waals surface area contributed by atoms with Crippen molar-refractivity contribution in [2.45, 2.75) is 105 Å². The van der Waals surface area contributed by atoms with Crippen LogP contribution in [0, 0.1) is 11.8 Å². The summed E-state index contributed by atoms with van der Waals surface area (Å²) in [6, 6.07) is 0. The molecule has 3 nitrogen and oxygen atoms in total. The second kappa shape index (κ2) is 18.3. The van der Waals surface area contributed by atoms with Gasteiger partial charge < -0.3 is 14.2 Å². The Hall–Kier alpha value is -1.20. The van der Waals surface area contributed by atoms with E-state index in [0.717, 1.165) is 45.1 Å². The second-order valence-corrected chi connectivity index (χ2v) is 8.86. The maximum absolute atomic E-state index is 14.5. The van der Waals surface area contributed by atoms with Crippen LogP contribution >= 0.6 is 0 Å². The van der Waals surface area contributed by atoms with Crippen LogP contribution in [0.25, 0.3) is 0 Å². The van der Waals surface area contributed by atoms with Crippen molar-refractivity contribution in [1.82, 2.24) is 0 Å². The zero-order valence-electron chi connectivity index (χ0n) is 21.6. The highest BCUT2D eigenvalue weighted by atomic mass is 19.2. The monoisotopic (exact) mass is 458 g/mol. The maximum Gasteiger partial charge on any atom is 0.195 e. The third-order valence-corrected chi connectivity index (χ3v) is 5.85. The van der Waals surface area contributed by atoms with Crippen LogP contribution in [0.1, 0.15) is 92.9 Å². The largest absolute Gasteiger partial charge is 0.498 e. The van der Waals surface area contributed by atoms with Crippen molar-refractivity contribution in [2.75, 3.05) is 20.3 Å². The van der Waals surface area contributed by atoms with Gasteiger partial charge in [-0.2, -0.15) is 0 Å². The molecule has 188 valence electrons. The smallest absolute Gasteiger partial charge is 0.195 e. The average molecular weight is 459 g/mol. The van der Waals surface area contributed by atoms with Gasteiger partial charge in [0.05, 0.1) is 32.5 Å². The fraction of sp³-hybridized carbons (Fsp3) is 0.778. The van der Waals surface area contributed by atoms with E-state index in [1.807, 2.05) is 26.8 Å². The summed E-state index contributed by atoms with van der Waals surface area (Å²) < 4.78 is 45.3. The molecule has 5 heteroatoms. The van der Waals surface area contributed by atoms with Crippen molar-refractivity contribution in [1.29, 1.82) is 0 Å². The Labute approximate surface area is 196 Å². The summed E-state index contributed by atoms with van der Waals surface area (Å²) in [4.78, 5) is 0. The Morgan fingerprint density at radius 3 is 2.28 bits per heavy atom. The maximum atomic E-state index is 14.5. The highest BCUT2D eigenvalue weighted by Crippen LogP contribution is 2.31. The number of methoxy groups -OCH3 is 1. The first-order valence-corrected chi connectivity index (χ1v) is 12.4. The minimum Gasteiger partial charge on any atom is -0.498 e. The fourth-order valence-electron chi connectivity index (χ4n) is 3.67. The van der Waals surface area contributed by atoms with E-state index >= 15 is 0 Å². The van der Waals surface area contributed by atoms with E-state index in [9.17, 15) is 8.78 Å². The van der Waals surface area contributed by atoms with Crippen molar-refractivity contribution in [3.8, 4) is 0 Å². The van der Waals surface area contributed by atoms with Crippen LogP contribution in [0.2, 0.25) is 0 Å². The first-order valence-electron chi connectivity index (χ1n) is 12.4. The molecule has 0 aromatic rings. The van der Waals surface area contributed by atoms with Crippen molar-refractivity contribution >= 4 is 0 Å². The molecule has 4 atom stereocenters. The topological polar surface area (TPSA) is 27.7 Å². The molecule has 0 amide bonds. The normalized spacial score (nSPS) is 22.0. The number of hydrogen-bond donors (Lipinski definition) is 0. The molecule has 0 aliphatic carbocycles. The molecular weight excluding hydrogens is 410 g/mol. The van der Waals surface area contributed by atoms with Crippen molar-refractivity contribution < 1.29 is 23.0 Å². The summed E-state index contributed by atoms with van der Waals surface area (Å²) in [5.74, 6) is -1.32. The molecule has 0 bridgehead atoms. The Balaban J connectivity index is 0.00000302. The molecule has 32 heavy (non-hydrogen) atoms. The Morgan fingerprint density at radius 1 is 1.12 bits per heavy atom. The lowest BCUT2D eigenvalue weighted by Gasteiger charge is -2.29. The lowest BCUT2D eigenvalue weighted by atomic mass is 9.91. The van der Waals surface area contributed by atoms with Gasteiger partial charge in [-0.3, -0.25) is 0 Å². The highest BCUT2D eigenvalue weighted by molar-refractivity contribution is 5.28. The van der Waals surface area contributed by atoms with Gasteiger partial charge in [-0.05, 0) is 70.3 Å². The van der Waals surface area contributed by atoms with Crippen molar-refractivity contribution in [3.63, 3.8) is 0 Å².